The van der Waals surface area contributed by atoms with Crippen LogP contribution < -0.4 is 10.6 Å². The number of carbonyl (C=O) groups excluding carboxylic acids is 1. The van der Waals surface area contributed by atoms with E-state index in [-0.39, 0.29) is 23.7 Å². The number of nitrogens with zero attached hydrogens (tertiary/aromatic N) is 1. The standard InChI is InChI=1S/C17H14FN3O2/c18-14-4-1-3-12(7-14)10-20-11-13(9-19)17(23)21-15-5-2-6-16(22)8-15/h1-8,11,20,22H,10H2,(H,21,23)/b13-11-. The van der Waals surface area contributed by atoms with Gasteiger partial charge in [0.1, 0.15) is 23.2 Å². The van der Waals surface area contributed by atoms with Gasteiger partial charge in [0.15, 0.2) is 0 Å². The fourth-order valence-electron chi connectivity index (χ4n) is 1.85. The van der Waals surface area contributed by atoms with Crippen molar-refractivity contribution in [2.45, 2.75) is 6.54 Å². The second-order valence-electron chi connectivity index (χ2n) is 4.69. The van der Waals surface area contributed by atoms with Crippen molar-refractivity contribution >= 4 is 11.6 Å². The van der Waals surface area contributed by atoms with E-state index < -0.39 is 5.91 Å². The number of carbonyl (C=O) groups is 1. The Kier molecular flexibility index (Phi) is 5.31. The highest BCUT2D eigenvalue weighted by Gasteiger charge is 2.09. The average molecular weight is 311 g/mol. The van der Waals surface area contributed by atoms with E-state index in [1.54, 1.807) is 30.3 Å². The molecule has 0 bridgehead atoms. The third-order valence-electron chi connectivity index (χ3n) is 2.91. The van der Waals surface area contributed by atoms with Crippen LogP contribution in [-0.4, -0.2) is 11.0 Å². The monoisotopic (exact) mass is 311 g/mol. The van der Waals surface area contributed by atoms with Gasteiger partial charge in [-0.25, -0.2) is 4.39 Å². The minimum absolute atomic E-state index is 0.00881. The minimum Gasteiger partial charge on any atom is -0.508 e. The van der Waals surface area contributed by atoms with Crippen molar-refractivity contribution in [2.24, 2.45) is 0 Å². The number of nitriles is 1. The average Bonchev–Trinajstić information content (AvgIpc) is 2.51. The van der Waals surface area contributed by atoms with E-state index in [0.717, 1.165) is 0 Å². The number of nitrogens with one attached hydrogen (secondary N) is 2. The summed E-state index contributed by atoms with van der Waals surface area (Å²) in [6.45, 7) is 0.280. The maximum atomic E-state index is 13.0. The maximum Gasteiger partial charge on any atom is 0.267 e. The molecule has 2 rings (SSSR count). The van der Waals surface area contributed by atoms with Crippen molar-refractivity contribution in [2.75, 3.05) is 5.32 Å². The molecule has 0 aromatic heterocycles. The van der Waals surface area contributed by atoms with Crippen LogP contribution in [0.5, 0.6) is 5.75 Å². The molecule has 0 atom stereocenters. The highest BCUT2D eigenvalue weighted by Crippen LogP contribution is 2.15. The van der Waals surface area contributed by atoms with Gasteiger partial charge in [0, 0.05) is 24.5 Å². The Balaban J connectivity index is 1.98. The van der Waals surface area contributed by atoms with Crippen LogP contribution in [0.2, 0.25) is 0 Å². The Morgan fingerprint density at radius 1 is 1.26 bits per heavy atom. The van der Waals surface area contributed by atoms with E-state index in [4.69, 9.17) is 5.26 Å². The van der Waals surface area contributed by atoms with Crippen molar-refractivity contribution < 1.29 is 14.3 Å². The van der Waals surface area contributed by atoms with Crippen LogP contribution in [0, 0.1) is 17.1 Å². The molecule has 0 aliphatic rings. The van der Waals surface area contributed by atoms with E-state index in [1.807, 2.05) is 0 Å². The first-order valence-electron chi connectivity index (χ1n) is 6.77. The number of benzene rings is 2. The fourth-order valence-corrected chi connectivity index (χ4v) is 1.85. The van der Waals surface area contributed by atoms with Gasteiger partial charge in [0.25, 0.3) is 5.91 Å². The second kappa shape index (κ2) is 7.61. The zero-order valence-electron chi connectivity index (χ0n) is 12.1. The number of phenolic OH excluding ortho intramolecular Hbond substituents is 1. The molecule has 2 aromatic rings. The molecule has 0 fully saturated rings. The minimum atomic E-state index is -0.607. The lowest BCUT2D eigenvalue weighted by Crippen LogP contribution is -2.16. The van der Waals surface area contributed by atoms with Crippen molar-refractivity contribution in [1.82, 2.24) is 5.32 Å². The molecule has 116 valence electrons. The number of halogens is 1. The molecule has 23 heavy (non-hydrogen) atoms. The van der Waals surface area contributed by atoms with Gasteiger partial charge in [-0.15, -0.1) is 0 Å². The summed E-state index contributed by atoms with van der Waals surface area (Å²) in [6.07, 6.45) is 1.27. The summed E-state index contributed by atoms with van der Waals surface area (Å²) < 4.78 is 13.0. The van der Waals surface area contributed by atoms with Gasteiger partial charge in [0.05, 0.1) is 0 Å². The predicted octanol–water partition coefficient (Wildman–Crippen LogP) is 2.67. The van der Waals surface area contributed by atoms with Crippen molar-refractivity contribution in [3.05, 3.63) is 71.7 Å². The van der Waals surface area contributed by atoms with Gasteiger partial charge in [-0.05, 0) is 29.8 Å². The Hall–Kier alpha value is -3.33. The summed E-state index contributed by atoms with van der Waals surface area (Å²) in [5.41, 5.74) is 0.929. The molecule has 0 aliphatic carbocycles. The summed E-state index contributed by atoms with van der Waals surface area (Å²) in [5, 5.41) is 23.7. The SMILES string of the molecule is N#C/C(=C/NCc1cccc(F)c1)C(=O)Nc1cccc(O)c1. The van der Waals surface area contributed by atoms with E-state index in [2.05, 4.69) is 10.6 Å². The lowest BCUT2D eigenvalue weighted by Gasteiger charge is -2.06. The van der Waals surface area contributed by atoms with E-state index in [9.17, 15) is 14.3 Å². The molecule has 3 N–H and O–H groups in total. The highest BCUT2D eigenvalue weighted by atomic mass is 19.1. The zero-order chi connectivity index (χ0) is 16.7. The summed E-state index contributed by atoms with van der Waals surface area (Å²) >= 11 is 0. The number of anilines is 1. The topological polar surface area (TPSA) is 85.2 Å². The molecule has 0 aliphatic heterocycles. The highest BCUT2D eigenvalue weighted by molar-refractivity contribution is 6.06. The number of phenols is 1. The first-order chi connectivity index (χ1) is 11.1. The molecule has 1 amide bonds. The van der Waals surface area contributed by atoms with Gasteiger partial charge >= 0.3 is 0 Å². The molecule has 0 unspecified atom stereocenters. The van der Waals surface area contributed by atoms with Crippen molar-refractivity contribution in [3.63, 3.8) is 0 Å². The van der Waals surface area contributed by atoms with Crippen molar-refractivity contribution in [3.8, 4) is 11.8 Å². The molecule has 0 saturated heterocycles. The van der Waals surface area contributed by atoms with Crippen LogP contribution in [0.3, 0.4) is 0 Å². The van der Waals surface area contributed by atoms with Crippen molar-refractivity contribution in [1.29, 1.82) is 5.26 Å². The summed E-state index contributed by atoms with van der Waals surface area (Å²) in [5.74, 6) is -0.949. The summed E-state index contributed by atoms with van der Waals surface area (Å²) in [7, 11) is 0. The first kappa shape index (κ1) is 16.0. The van der Waals surface area contributed by atoms with E-state index >= 15 is 0 Å². The molecule has 0 heterocycles. The zero-order valence-corrected chi connectivity index (χ0v) is 12.1. The number of amides is 1. The maximum absolute atomic E-state index is 13.0. The van der Waals surface area contributed by atoms with Crippen LogP contribution in [0.15, 0.2) is 60.3 Å². The molecular weight excluding hydrogens is 297 g/mol. The lowest BCUT2D eigenvalue weighted by atomic mass is 10.2. The first-order valence-corrected chi connectivity index (χ1v) is 6.77. The molecule has 5 nitrogen and oxygen atoms in total. The normalized spacial score (nSPS) is 10.7. The molecular formula is C17H14FN3O2. The van der Waals surface area contributed by atoms with Gasteiger partial charge in [0.2, 0.25) is 0 Å². The Morgan fingerprint density at radius 3 is 2.74 bits per heavy atom. The summed E-state index contributed by atoms with van der Waals surface area (Å²) in [4.78, 5) is 12.0. The Morgan fingerprint density at radius 2 is 2.04 bits per heavy atom. The van der Waals surface area contributed by atoms with Gasteiger partial charge < -0.3 is 15.7 Å². The number of aromatic hydroxyl groups is 1. The van der Waals surface area contributed by atoms with Crippen LogP contribution >= 0.6 is 0 Å². The van der Waals surface area contributed by atoms with Crippen LogP contribution in [0.4, 0.5) is 10.1 Å². The molecule has 0 spiro atoms. The Bertz CT molecular complexity index is 781. The fraction of sp³-hybridized carbons (Fsp3) is 0.0588. The predicted molar refractivity (Wildman–Crippen MR) is 83.7 cm³/mol. The molecule has 0 saturated carbocycles. The third-order valence-corrected chi connectivity index (χ3v) is 2.91. The van der Waals surface area contributed by atoms with E-state index in [0.29, 0.717) is 11.3 Å². The summed E-state index contributed by atoms with van der Waals surface area (Å²) in [6, 6.07) is 13.8. The number of hydrogen-bond acceptors (Lipinski definition) is 4. The van der Waals surface area contributed by atoms with Gasteiger partial charge in [-0.1, -0.05) is 18.2 Å². The van der Waals surface area contributed by atoms with Crippen LogP contribution in [0.1, 0.15) is 5.56 Å². The third kappa shape index (κ3) is 4.86. The molecule has 0 radical (unpaired) electrons. The van der Waals surface area contributed by atoms with Crippen LogP contribution in [0.25, 0.3) is 0 Å². The van der Waals surface area contributed by atoms with Crippen LogP contribution in [-0.2, 0) is 11.3 Å². The molecule has 2 aromatic carbocycles. The van der Waals surface area contributed by atoms with Gasteiger partial charge in [-0.3, -0.25) is 4.79 Å². The number of hydrogen-bond donors (Lipinski definition) is 3. The second-order valence-corrected chi connectivity index (χ2v) is 4.69. The smallest absolute Gasteiger partial charge is 0.267 e. The largest absolute Gasteiger partial charge is 0.508 e. The molecule has 6 heteroatoms. The quantitative estimate of drug-likeness (QED) is 0.585. The Labute approximate surface area is 132 Å². The lowest BCUT2D eigenvalue weighted by molar-refractivity contribution is -0.112. The number of rotatable bonds is 5. The van der Waals surface area contributed by atoms with Gasteiger partial charge in [-0.2, -0.15) is 5.26 Å². The van der Waals surface area contributed by atoms with E-state index in [1.165, 1.54) is 30.5 Å².